The smallest absolute Gasteiger partial charge is 0.332 e. The van der Waals surface area contributed by atoms with Gasteiger partial charge < -0.3 is 52.5 Å². The van der Waals surface area contributed by atoms with E-state index >= 15 is 0 Å². The highest BCUT2D eigenvalue weighted by molar-refractivity contribution is 5.81. The van der Waals surface area contributed by atoms with Crippen molar-refractivity contribution in [3.05, 3.63) is 0 Å². The number of carbonyl (C=O) groups excluding carboxylic acids is 6. The van der Waals surface area contributed by atoms with E-state index in [0.29, 0.717) is 47.3 Å². The Morgan fingerprint density at radius 1 is 0.358 bits per heavy atom. The molecule has 4 saturated carbocycles. The zero-order valence-corrected chi connectivity index (χ0v) is 52.2. The molecule has 0 heterocycles. The predicted molar refractivity (Wildman–Crippen MR) is 302 cm³/mol. The molecule has 4 aliphatic rings. The van der Waals surface area contributed by atoms with Crippen molar-refractivity contribution in [2.45, 2.75) is 205 Å². The first kappa shape index (κ1) is 69.6. The van der Waals surface area contributed by atoms with Crippen LogP contribution in [0.2, 0.25) is 0 Å². The van der Waals surface area contributed by atoms with Gasteiger partial charge in [0, 0.05) is 0 Å². The lowest BCUT2D eigenvalue weighted by Crippen LogP contribution is -2.46. The number of hydrogen-bond acceptors (Lipinski definition) is 17. The van der Waals surface area contributed by atoms with Crippen LogP contribution in [0.15, 0.2) is 0 Å². The van der Waals surface area contributed by atoms with E-state index in [0.717, 1.165) is 77.0 Å². The van der Waals surface area contributed by atoms with E-state index in [1.165, 1.54) is 20.8 Å². The molecule has 466 valence electrons. The molecule has 4 aliphatic carbocycles. The number of hydrogen-bond donors (Lipinski definition) is 1. The Morgan fingerprint density at radius 3 is 0.765 bits per heavy atom. The van der Waals surface area contributed by atoms with Gasteiger partial charge in [-0.1, -0.05) is 109 Å². The molecule has 12 atom stereocenters. The Balaban J connectivity index is 1.47. The van der Waals surface area contributed by atoms with Crippen LogP contribution in [-0.2, 0) is 80.9 Å². The van der Waals surface area contributed by atoms with E-state index in [2.05, 4.69) is 83.1 Å². The Morgan fingerprint density at radius 2 is 0.568 bits per heavy atom. The van der Waals surface area contributed by atoms with Crippen LogP contribution in [0.3, 0.4) is 0 Å². The van der Waals surface area contributed by atoms with Gasteiger partial charge in [-0.05, 0) is 143 Å². The molecule has 81 heavy (non-hydrogen) atoms. The first-order chi connectivity index (χ1) is 37.9. The largest absolute Gasteiger partial charge is 0.481 e. The highest BCUT2D eigenvalue weighted by Gasteiger charge is 2.46. The van der Waals surface area contributed by atoms with Gasteiger partial charge in [-0.3, -0.25) is 14.4 Å². The molecule has 18 heteroatoms. The van der Waals surface area contributed by atoms with E-state index in [4.69, 9.17) is 47.4 Å². The molecule has 0 radical (unpaired) electrons. The third kappa shape index (κ3) is 21.9. The van der Waals surface area contributed by atoms with Crippen LogP contribution in [0.4, 0.5) is 0 Å². The van der Waals surface area contributed by atoms with Crippen molar-refractivity contribution in [1.29, 1.82) is 0 Å². The molecular formula is C63H106O18. The molecule has 4 fully saturated rings. The van der Waals surface area contributed by atoms with Crippen molar-refractivity contribution in [1.82, 2.24) is 0 Å². The summed E-state index contributed by atoms with van der Waals surface area (Å²) < 4.78 is 58.3. The molecule has 4 rings (SSSR count). The number of carboxylic acid groups (broad SMARTS) is 1. The Hall–Kier alpha value is -3.87. The number of carboxylic acids is 1. The second kappa shape index (κ2) is 32.4. The van der Waals surface area contributed by atoms with Gasteiger partial charge in [-0.15, -0.1) is 0 Å². The summed E-state index contributed by atoms with van der Waals surface area (Å²) in [6.45, 7) is 23.8. The van der Waals surface area contributed by atoms with E-state index in [9.17, 15) is 38.7 Å². The van der Waals surface area contributed by atoms with E-state index in [1.54, 1.807) is 0 Å². The SMILES string of the molecule is CC(C)[C@@H]1CC[C@@H](C)C[C@H]1OCC(=O)OCC(C)(COC(=O)CO[C@@H]1C[C@H](C)CC[C@H]1C(C)C)C(=O)OCC(C)(COC(=O)C(C)(COC(=O)CO[C@@H]1C[C@H](C)CC[C@H]1C(C)C)COC(=O)CO[C@@H]1C[C@H](C)CC[C@H]1C(C)C)C(=O)O. The highest BCUT2D eigenvalue weighted by Crippen LogP contribution is 2.39. The van der Waals surface area contributed by atoms with Gasteiger partial charge in [0.15, 0.2) is 0 Å². The average molecular weight is 1150 g/mol. The first-order valence-electron chi connectivity index (χ1n) is 30.6. The van der Waals surface area contributed by atoms with E-state index in [-0.39, 0.29) is 74.5 Å². The van der Waals surface area contributed by atoms with Crippen molar-refractivity contribution < 1.29 is 86.0 Å². The fraction of sp³-hybridized carbons (Fsp3) is 0.889. The van der Waals surface area contributed by atoms with Crippen molar-refractivity contribution in [2.24, 2.45) is 87.3 Å². The van der Waals surface area contributed by atoms with Gasteiger partial charge in [0.05, 0.1) is 24.4 Å². The average Bonchev–Trinajstić information content (AvgIpc) is 3.41. The molecule has 0 aromatic rings. The van der Waals surface area contributed by atoms with Crippen molar-refractivity contribution in [2.75, 3.05) is 66.1 Å². The van der Waals surface area contributed by atoms with Crippen LogP contribution in [-0.4, -0.2) is 137 Å². The van der Waals surface area contributed by atoms with E-state index < -0.39 is 97.7 Å². The second-order valence-electron chi connectivity index (χ2n) is 27.5. The van der Waals surface area contributed by atoms with Gasteiger partial charge in [0.25, 0.3) is 0 Å². The van der Waals surface area contributed by atoms with Crippen LogP contribution < -0.4 is 0 Å². The molecule has 0 aromatic heterocycles. The molecule has 0 unspecified atom stereocenters. The molecule has 0 bridgehead atoms. The summed E-state index contributed by atoms with van der Waals surface area (Å²) in [5.41, 5.74) is -5.78. The number of rotatable bonds is 31. The normalized spacial score (nSPS) is 27.6. The lowest BCUT2D eigenvalue weighted by atomic mass is 9.75. The molecule has 0 amide bonds. The number of esters is 6. The monoisotopic (exact) mass is 1150 g/mol. The highest BCUT2D eigenvalue weighted by atomic mass is 16.6. The zero-order chi connectivity index (χ0) is 60.4. The van der Waals surface area contributed by atoms with Crippen molar-refractivity contribution in [3.63, 3.8) is 0 Å². The zero-order valence-electron chi connectivity index (χ0n) is 52.2. The fourth-order valence-corrected chi connectivity index (χ4v) is 12.3. The van der Waals surface area contributed by atoms with Crippen molar-refractivity contribution >= 4 is 41.8 Å². The first-order valence-corrected chi connectivity index (χ1v) is 30.6. The lowest BCUT2D eigenvalue weighted by molar-refractivity contribution is -0.182. The maximum atomic E-state index is 14.2. The van der Waals surface area contributed by atoms with Crippen LogP contribution in [0.5, 0.6) is 0 Å². The van der Waals surface area contributed by atoms with E-state index in [1.807, 2.05) is 0 Å². The molecule has 0 spiro atoms. The fourth-order valence-electron chi connectivity index (χ4n) is 12.3. The lowest BCUT2D eigenvalue weighted by Gasteiger charge is -2.37. The summed E-state index contributed by atoms with van der Waals surface area (Å²) in [5, 5.41) is 10.6. The van der Waals surface area contributed by atoms with Crippen LogP contribution in [0.25, 0.3) is 0 Å². The third-order valence-electron chi connectivity index (χ3n) is 18.3. The molecule has 0 saturated heterocycles. The minimum absolute atomic E-state index is 0.160. The summed E-state index contributed by atoms with van der Waals surface area (Å²) in [6, 6.07) is 0. The third-order valence-corrected chi connectivity index (χ3v) is 18.3. The minimum Gasteiger partial charge on any atom is -0.481 e. The summed E-state index contributed by atoms with van der Waals surface area (Å²) in [5.74, 6) is -2.60. The topological polar surface area (TPSA) is 232 Å². The number of ether oxygens (including phenoxy) is 10. The second-order valence-corrected chi connectivity index (χ2v) is 27.5. The standard InChI is InChI=1S/C63H106O18/c1-38(2)46-20-16-42(9)24-50(46)72-28-54(64)76-34-62(14,35-77-55(65)29-73-51-25-43(10)17-21-47(51)39(3)4)59(70)80-32-61(13,58(68)69)33-81-60(71)63(15,36-78-56(66)30-74-52-26-44(11)18-22-48(52)40(5)6)37-79-57(67)31-75-53-27-45(12)19-23-49(53)41(7)8/h38-53H,16-37H2,1-15H3,(H,68,69)/t42-,43-,44-,45-,46+,47+,48+,49+,50-,51-,52-,53-/m1/s1. The molecule has 18 nitrogen and oxygen atoms in total. The predicted octanol–water partition coefficient (Wildman–Crippen LogP) is 10.3. The maximum Gasteiger partial charge on any atom is 0.332 e. The summed E-state index contributed by atoms with van der Waals surface area (Å²) >= 11 is 0. The van der Waals surface area contributed by atoms with Gasteiger partial charge in [0.1, 0.15) is 82.3 Å². The van der Waals surface area contributed by atoms with Crippen LogP contribution >= 0.6 is 0 Å². The Labute approximate surface area is 484 Å². The van der Waals surface area contributed by atoms with Gasteiger partial charge in [0.2, 0.25) is 0 Å². The molecule has 0 aliphatic heterocycles. The Kier molecular flexibility index (Phi) is 27.9. The maximum absolute atomic E-state index is 14.2. The van der Waals surface area contributed by atoms with Crippen LogP contribution in [0.1, 0.15) is 181 Å². The molecule has 0 aromatic carbocycles. The molecule has 1 N–H and O–H groups in total. The summed E-state index contributed by atoms with van der Waals surface area (Å²) in [4.78, 5) is 94.7. The molecular weight excluding hydrogens is 1040 g/mol. The van der Waals surface area contributed by atoms with Crippen LogP contribution in [0, 0.1) is 87.3 Å². The van der Waals surface area contributed by atoms with Crippen molar-refractivity contribution in [3.8, 4) is 0 Å². The number of aliphatic carboxylic acids is 1. The minimum atomic E-state index is -2.08. The van der Waals surface area contributed by atoms with Gasteiger partial charge in [-0.2, -0.15) is 0 Å². The number of carbonyl (C=O) groups is 7. The quantitative estimate of drug-likeness (QED) is 0.0502. The summed E-state index contributed by atoms with van der Waals surface area (Å²) in [6.07, 6.45) is 10.7. The summed E-state index contributed by atoms with van der Waals surface area (Å²) in [7, 11) is 0. The van der Waals surface area contributed by atoms with Gasteiger partial charge in [-0.25, -0.2) is 19.2 Å². The van der Waals surface area contributed by atoms with Gasteiger partial charge >= 0.3 is 41.8 Å². The Bertz CT molecular complexity index is 1780.